The third-order valence-electron chi connectivity index (χ3n) is 3.02. The molecule has 2 N–H and O–H groups in total. The fraction of sp³-hybridized carbons (Fsp3) is 0. The van der Waals surface area contributed by atoms with Crippen molar-refractivity contribution in [2.45, 2.75) is 0 Å². The Balaban J connectivity index is 2.04. The van der Waals surface area contributed by atoms with Crippen LogP contribution < -0.4 is 5.32 Å². The van der Waals surface area contributed by atoms with Crippen LogP contribution in [-0.4, -0.2) is 21.0 Å². The predicted octanol–water partition coefficient (Wildman–Crippen LogP) is 2.72. The summed E-state index contributed by atoms with van der Waals surface area (Å²) in [7, 11) is 0. The van der Waals surface area contributed by atoms with E-state index < -0.39 is 10.8 Å². The number of nitro groups is 1. The highest BCUT2D eigenvalue weighted by Crippen LogP contribution is 2.24. The Kier molecular flexibility index (Phi) is 3.07. The molecule has 0 saturated carbocycles. The topological polar surface area (TPSA) is 101 Å². The normalized spacial score (nSPS) is 10.5. The van der Waals surface area contributed by atoms with Gasteiger partial charge in [0, 0.05) is 23.2 Å². The molecule has 104 valence electrons. The van der Waals surface area contributed by atoms with Gasteiger partial charge in [-0.2, -0.15) is 5.10 Å². The van der Waals surface area contributed by atoms with Crippen LogP contribution in [0.5, 0.6) is 0 Å². The summed E-state index contributed by atoms with van der Waals surface area (Å²) >= 11 is 0. The van der Waals surface area contributed by atoms with Gasteiger partial charge in [0.2, 0.25) is 0 Å². The highest BCUT2D eigenvalue weighted by Gasteiger charge is 2.18. The maximum absolute atomic E-state index is 12.3. The number of fused-ring (bicyclic) bond motifs is 1. The second-order valence-corrected chi connectivity index (χ2v) is 4.40. The fourth-order valence-corrected chi connectivity index (χ4v) is 2.05. The summed E-state index contributed by atoms with van der Waals surface area (Å²) in [6, 6.07) is 11.5. The van der Waals surface area contributed by atoms with Gasteiger partial charge in [-0.25, -0.2) is 0 Å². The number of hydrogen-bond acceptors (Lipinski definition) is 4. The molecule has 0 saturated heterocycles. The smallest absolute Gasteiger partial charge is 0.271 e. The van der Waals surface area contributed by atoms with E-state index in [9.17, 15) is 14.9 Å². The lowest BCUT2D eigenvalue weighted by Gasteiger charge is -2.06. The SMILES string of the molecule is O=C(Nc1ccccc1)c1cc([N+](=O)[O-])cc2cn[nH]c12. The summed E-state index contributed by atoms with van der Waals surface area (Å²) in [6.07, 6.45) is 1.45. The molecule has 0 aliphatic rings. The zero-order chi connectivity index (χ0) is 14.8. The Morgan fingerprint density at radius 1 is 1.24 bits per heavy atom. The van der Waals surface area contributed by atoms with Crippen LogP contribution in [0.25, 0.3) is 10.9 Å². The van der Waals surface area contributed by atoms with Gasteiger partial charge in [0.25, 0.3) is 11.6 Å². The first kappa shape index (κ1) is 12.8. The lowest BCUT2D eigenvalue weighted by Crippen LogP contribution is -2.12. The lowest BCUT2D eigenvalue weighted by molar-refractivity contribution is -0.384. The van der Waals surface area contributed by atoms with Crippen molar-refractivity contribution in [1.82, 2.24) is 10.2 Å². The molecule has 3 rings (SSSR count). The van der Waals surface area contributed by atoms with Crippen LogP contribution in [0.3, 0.4) is 0 Å². The van der Waals surface area contributed by atoms with Crippen molar-refractivity contribution in [1.29, 1.82) is 0 Å². The fourth-order valence-electron chi connectivity index (χ4n) is 2.05. The van der Waals surface area contributed by atoms with Crippen LogP contribution in [0.1, 0.15) is 10.4 Å². The number of aromatic amines is 1. The van der Waals surface area contributed by atoms with E-state index in [-0.39, 0.29) is 11.3 Å². The Labute approximate surface area is 118 Å². The number of nitro benzene ring substituents is 1. The molecule has 1 heterocycles. The van der Waals surface area contributed by atoms with Gasteiger partial charge in [-0.05, 0) is 12.1 Å². The van der Waals surface area contributed by atoms with Gasteiger partial charge < -0.3 is 5.32 Å². The molecular weight excluding hydrogens is 272 g/mol. The van der Waals surface area contributed by atoms with Crippen LogP contribution in [0.4, 0.5) is 11.4 Å². The maximum atomic E-state index is 12.3. The van der Waals surface area contributed by atoms with Gasteiger partial charge in [-0.3, -0.25) is 20.0 Å². The molecule has 7 nitrogen and oxygen atoms in total. The molecule has 3 aromatic rings. The third kappa shape index (κ3) is 2.44. The zero-order valence-corrected chi connectivity index (χ0v) is 10.7. The second-order valence-electron chi connectivity index (χ2n) is 4.40. The first-order valence-electron chi connectivity index (χ1n) is 6.13. The second kappa shape index (κ2) is 5.04. The van der Waals surface area contributed by atoms with Crippen molar-refractivity contribution >= 4 is 28.2 Å². The largest absolute Gasteiger partial charge is 0.322 e. The average Bonchev–Trinajstić information content (AvgIpc) is 2.95. The number of aromatic nitrogens is 2. The maximum Gasteiger partial charge on any atom is 0.271 e. The molecule has 0 spiro atoms. The first-order chi connectivity index (χ1) is 10.1. The number of carbonyl (C=O) groups is 1. The molecule has 1 aromatic heterocycles. The van der Waals surface area contributed by atoms with Gasteiger partial charge in [0.1, 0.15) is 0 Å². The average molecular weight is 282 g/mol. The van der Waals surface area contributed by atoms with Crippen LogP contribution in [0.2, 0.25) is 0 Å². The quantitative estimate of drug-likeness (QED) is 0.569. The van der Waals surface area contributed by atoms with Crippen LogP contribution >= 0.6 is 0 Å². The highest BCUT2D eigenvalue weighted by molar-refractivity contribution is 6.12. The molecule has 0 radical (unpaired) electrons. The van der Waals surface area contributed by atoms with E-state index >= 15 is 0 Å². The van der Waals surface area contributed by atoms with Gasteiger partial charge in [-0.15, -0.1) is 0 Å². The number of non-ortho nitro benzene ring substituents is 1. The summed E-state index contributed by atoms with van der Waals surface area (Å²) in [5, 5.41) is 20.7. The summed E-state index contributed by atoms with van der Waals surface area (Å²) < 4.78 is 0. The molecule has 0 atom stereocenters. The highest BCUT2D eigenvalue weighted by atomic mass is 16.6. The Morgan fingerprint density at radius 2 is 2.00 bits per heavy atom. The molecule has 21 heavy (non-hydrogen) atoms. The Hall–Kier alpha value is -3.22. The molecule has 0 bridgehead atoms. The van der Waals surface area contributed by atoms with Crippen molar-refractivity contribution in [2.24, 2.45) is 0 Å². The number of nitrogens with one attached hydrogen (secondary N) is 2. The number of hydrogen-bond donors (Lipinski definition) is 2. The number of para-hydroxylation sites is 1. The van der Waals surface area contributed by atoms with Crippen molar-refractivity contribution in [2.75, 3.05) is 5.32 Å². The lowest BCUT2D eigenvalue weighted by atomic mass is 10.1. The van der Waals surface area contributed by atoms with E-state index in [0.717, 1.165) is 0 Å². The van der Waals surface area contributed by atoms with E-state index in [4.69, 9.17) is 0 Å². The van der Waals surface area contributed by atoms with Crippen molar-refractivity contribution in [3.63, 3.8) is 0 Å². The third-order valence-corrected chi connectivity index (χ3v) is 3.02. The molecule has 0 aliphatic heterocycles. The summed E-state index contributed by atoms with van der Waals surface area (Å²) in [4.78, 5) is 22.7. The monoisotopic (exact) mass is 282 g/mol. The van der Waals surface area contributed by atoms with E-state index in [1.54, 1.807) is 24.3 Å². The van der Waals surface area contributed by atoms with Gasteiger partial charge in [0.05, 0.1) is 22.2 Å². The number of benzene rings is 2. The Bertz CT molecular complexity index is 827. The van der Waals surface area contributed by atoms with Crippen molar-refractivity contribution < 1.29 is 9.72 Å². The van der Waals surface area contributed by atoms with Gasteiger partial charge >= 0.3 is 0 Å². The first-order valence-corrected chi connectivity index (χ1v) is 6.13. The van der Waals surface area contributed by atoms with Crippen molar-refractivity contribution in [3.8, 4) is 0 Å². The number of carbonyl (C=O) groups excluding carboxylic acids is 1. The molecule has 0 unspecified atom stereocenters. The summed E-state index contributed by atoms with van der Waals surface area (Å²) in [5.74, 6) is -0.431. The van der Waals surface area contributed by atoms with E-state index in [0.29, 0.717) is 16.6 Å². The summed E-state index contributed by atoms with van der Waals surface area (Å²) in [5.41, 5.74) is 1.11. The van der Waals surface area contributed by atoms with E-state index in [1.807, 2.05) is 6.07 Å². The Morgan fingerprint density at radius 3 is 2.71 bits per heavy atom. The summed E-state index contributed by atoms with van der Waals surface area (Å²) in [6.45, 7) is 0. The molecule has 7 heteroatoms. The van der Waals surface area contributed by atoms with Crippen LogP contribution in [-0.2, 0) is 0 Å². The van der Waals surface area contributed by atoms with Crippen LogP contribution in [0, 0.1) is 10.1 Å². The molecule has 2 aromatic carbocycles. The number of amides is 1. The number of rotatable bonds is 3. The minimum Gasteiger partial charge on any atom is -0.322 e. The standard InChI is InChI=1S/C14H10N4O3/c19-14(16-10-4-2-1-3-5-10)12-7-11(18(20)21)6-9-8-15-17-13(9)12/h1-8H,(H,15,17)(H,16,19). The van der Waals surface area contributed by atoms with Crippen LogP contribution in [0.15, 0.2) is 48.7 Å². The van der Waals surface area contributed by atoms with Crippen molar-refractivity contribution in [3.05, 3.63) is 64.3 Å². The zero-order valence-electron chi connectivity index (χ0n) is 10.7. The predicted molar refractivity (Wildman–Crippen MR) is 77.1 cm³/mol. The number of H-pyrrole nitrogens is 1. The van der Waals surface area contributed by atoms with E-state index in [2.05, 4.69) is 15.5 Å². The van der Waals surface area contributed by atoms with Gasteiger partial charge in [0.15, 0.2) is 0 Å². The molecular formula is C14H10N4O3. The van der Waals surface area contributed by atoms with Gasteiger partial charge in [-0.1, -0.05) is 18.2 Å². The molecule has 0 aliphatic carbocycles. The molecule has 0 fully saturated rings. The number of nitrogens with zero attached hydrogens (tertiary/aromatic N) is 2. The minimum atomic E-state index is -0.536. The van der Waals surface area contributed by atoms with E-state index in [1.165, 1.54) is 18.3 Å². The minimum absolute atomic E-state index is 0.151. The number of anilines is 1. The molecule has 1 amide bonds.